The molecular weight excluding hydrogens is 385 g/mol. The Labute approximate surface area is 160 Å². The fourth-order valence-corrected chi connectivity index (χ4v) is 3.01. The maximum absolute atomic E-state index is 14.5. The molecular formula is C18H22ClF3N2O3. The summed E-state index contributed by atoms with van der Waals surface area (Å²) in [5.74, 6) is -1.14. The Kier molecular flexibility index (Phi) is 6.29. The van der Waals surface area contributed by atoms with Crippen molar-refractivity contribution in [3.63, 3.8) is 0 Å². The standard InChI is InChI=1S/C18H22ClF3N2O3/c1-17(2,3)27-16(26)23-11-18(21,10-20)8-14(23)15(25)24(22)9-12-5-4-6-13(19)7-12/h4-7,14H,8-11H2,1-3H3/t14-,18+/m0/s1. The number of rotatable bonds is 4. The number of alkyl halides is 2. The van der Waals surface area contributed by atoms with E-state index in [4.69, 9.17) is 16.3 Å². The SMILES string of the molecule is CC(C)(C)OC(=O)N1C[C@](F)(CF)C[C@H]1C(=O)N(F)Cc1cccc(Cl)c1. The molecule has 1 fully saturated rings. The van der Waals surface area contributed by atoms with Gasteiger partial charge < -0.3 is 4.74 Å². The van der Waals surface area contributed by atoms with E-state index in [2.05, 4.69) is 0 Å². The van der Waals surface area contributed by atoms with Gasteiger partial charge in [0, 0.05) is 11.4 Å². The third-order valence-electron chi connectivity index (χ3n) is 3.99. The van der Waals surface area contributed by atoms with E-state index in [1.807, 2.05) is 0 Å². The first-order valence-corrected chi connectivity index (χ1v) is 8.78. The third kappa shape index (κ3) is 5.51. The second-order valence-corrected chi connectivity index (χ2v) is 8.04. The Bertz CT molecular complexity index is 713. The van der Waals surface area contributed by atoms with E-state index in [1.54, 1.807) is 39.0 Å². The second kappa shape index (κ2) is 7.96. The lowest BCUT2D eigenvalue weighted by atomic mass is 10.0. The van der Waals surface area contributed by atoms with Crippen LogP contribution < -0.4 is 0 Å². The van der Waals surface area contributed by atoms with Gasteiger partial charge in [0.1, 0.15) is 18.3 Å². The summed E-state index contributed by atoms with van der Waals surface area (Å²) in [4.78, 5) is 25.6. The number of ether oxygens (including phenoxy) is 1. The van der Waals surface area contributed by atoms with Crippen LogP contribution >= 0.6 is 11.6 Å². The maximum Gasteiger partial charge on any atom is 0.411 e. The largest absolute Gasteiger partial charge is 0.444 e. The molecule has 1 aromatic rings. The lowest BCUT2D eigenvalue weighted by molar-refractivity contribution is -0.153. The summed E-state index contributed by atoms with van der Waals surface area (Å²) in [6.07, 6.45) is -1.64. The van der Waals surface area contributed by atoms with E-state index in [0.717, 1.165) is 4.90 Å². The highest BCUT2D eigenvalue weighted by molar-refractivity contribution is 6.30. The Balaban J connectivity index is 2.18. The zero-order chi connectivity index (χ0) is 20.4. The lowest BCUT2D eigenvalue weighted by Gasteiger charge is -2.28. The van der Waals surface area contributed by atoms with Crippen LogP contribution in [-0.4, -0.2) is 52.6 Å². The number of hydrogen-bond donors (Lipinski definition) is 0. The highest BCUT2D eigenvalue weighted by Gasteiger charge is 2.52. The Morgan fingerprint density at radius 2 is 2.07 bits per heavy atom. The van der Waals surface area contributed by atoms with Gasteiger partial charge in [-0.2, -0.15) is 5.12 Å². The number of likely N-dealkylation sites (tertiary alicyclic amines) is 1. The molecule has 150 valence electrons. The van der Waals surface area contributed by atoms with Gasteiger partial charge in [-0.1, -0.05) is 28.2 Å². The highest BCUT2D eigenvalue weighted by Crippen LogP contribution is 2.34. The molecule has 0 aliphatic carbocycles. The predicted octanol–water partition coefficient (Wildman–Crippen LogP) is 4.24. The predicted molar refractivity (Wildman–Crippen MR) is 94.3 cm³/mol. The van der Waals surface area contributed by atoms with Gasteiger partial charge in [0.05, 0.1) is 13.1 Å². The van der Waals surface area contributed by atoms with Crippen LogP contribution in [0, 0.1) is 0 Å². The first kappa shape index (κ1) is 21.3. The average molecular weight is 407 g/mol. The van der Waals surface area contributed by atoms with Crippen molar-refractivity contribution in [2.75, 3.05) is 13.2 Å². The van der Waals surface area contributed by atoms with Crippen LogP contribution in [-0.2, 0) is 16.1 Å². The van der Waals surface area contributed by atoms with E-state index < -0.39 is 55.5 Å². The second-order valence-electron chi connectivity index (χ2n) is 7.60. The van der Waals surface area contributed by atoms with Gasteiger partial charge in [-0.3, -0.25) is 9.69 Å². The topological polar surface area (TPSA) is 49.9 Å². The number of benzene rings is 1. The van der Waals surface area contributed by atoms with E-state index in [0.29, 0.717) is 10.6 Å². The van der Waals surface area contributed by atoms with Crippen LogP contribution in [0.2, 0.25) is 5.02 Å². The molecule has 0 saturated carbocycles. The van der Waals surface area contributed by atoms with Crippen LogP contribution in [0.4, 0.5) is 18.1 Å². The number of carbonyl (C=O) groups is 2. The van der Waals surface area contributed by atoms with Crippen molar-refractivity contribution < 1.29 is 27.6 Å². The van der Waals surface area contributed by atoms with Crippen LogP contribution in [0.3, 0.4) is 0 Å². The fourth-order valence-electron chi connectivity index (χ4n) is 2.80. The zero-order valence-electron chi connectivity index (χ0n) is 15.3. The van der Waals surface area contributed by atoms with Gasteiger partial charge in [0.25, 0.3) is 5.91 Å². The summed E-state index contributed by atoms with van der Waals surface area (Å²) >= 11 is 5.83. The quantitative estimate of drug-likeness (QED) is 0.703. The van der Waals surface area contributed by atoms with E-state index in [1.165, 1.54) is 6.07 Å². The third-order valence-corrected chi connectivity index (χ3v) is 4.23. The first-order valence-electron chi connectivity index (χ1n) is 8.40. The molecule has 2 atom stereocenters. The zero-order valence-corrected chi connectivity index (χ0v) is 16.1. The van der Waals surface area contributed by atoms with Crippen molar-refractivity contribution in [2.24, 2.45) is 0 Å². The molecule has 1 heterocycles. The van der Waals surface area contributed by atoms with Crippen molar-refractivity contribution in [2.45, 2.75) is 51.0 Å². The average Bonchev–Trinajstić information content (AvgIpc) is 2.91. The number of amides is 2. The molecule has 27 heavy (non-hydrogen) atoms. The van der Waals surface area contributed by atoms with Crippen LogP contribution in [0.15, 0.2) is 24.3 Å². The van der Waals surface area contributed by atoms with Gasteiger partial charge in [-0.25, -0.2) is 13.6 Å². The van der Waals surface area contributed by atoms with Crippen molar-refractivity contribution in [1.82, 2.24) is 10.0 Å². The number of hydrogen-bond acceptors (Lipinski definition) is 3. The first-order chi connectivity index (χ1) is 12.4. The number of halogens is 4. The van der Waals surface area contributed by atoms with Gasteiger partial charge in [-0.15, -0.1) is 0 Å². The fraction of sp³-hybridized carbons (Fsp3) is 0.556. The van der Waals surface area contributed by atoms with Crippen molar-refractivity contribution in [3.8, 4) is 0 Å². The van der Waals surface area contributed by atoms with Crippen molar-refractivity contribution in [3.05, 3.63) is 34.9 Å². The molecule has 1 aliphatic rings. The normalized spacial score (nSPS) is 22.6. The summed E-state index contributed by atoms with van der Waals surface area (Å²) in [6, 6.07) is 4.73. The Morgan fingerprint density at radius 1 is 1.41 bits per heavy atom. The Morgan fingerprint density at radius 3 is 2.63 bits per heavy atom. The van der Waals surface area contributed by atoms with Crippen LogP contribution in [0.5, 0.6) is 0 Å². The summed E-state index contributed by atoms with van der Waals surface area (Å²) < 4.78 is 47.2. The van der Waals surface area contributed by atoms with Gasteiger partial charge in [0.2, 0.25) is 0 Å². The van der Waals surface area contributed by atoms with E-state index in [9.17, 15) is 22.9 Å². The highest BCUT2D eigenvalue weighted by atomic mass is 35.5. The van der Waals surface area contributed by atoms with Gasteiger partial charge >= 0.3 is 6.09 Å². The molecule has 2 rings (SSSR count). The molecule has 1 aromatic carbocycles. The van der Waals surface area contributed by atoms with Crippen LogP contribution in [0.25, 0.3) is 0 Å². The molecule has 0 bridgehead atoms. The summed E-state index contributed by atoms with van der Waals surface area (Å²) in [7, 11) is 0. The molecule has 0 spiro atoms. The summed E-state index contributed by atoms with van der Waals surface area (Å²) in [5, 5.41) is 0.238. The minimum atomic E-state index is -2.42. The number of nitrogens with zero attached hydrogens (tertiary/aromatic N) is 2. The van der Waals surface area contributed by atoms with E-state index in [-0.39, 0.29) is 5.12 Å². The molecule has 1 saturated heterocycles. The lowest BCUT2D eigenvalue weighted by Crippen LogP contribution is -2.47. The van der Waals surface area contributed by atoms with Crippen molar-refractivity contribution in [1.29, 1.82) is 0 Å². The molecule has 1 aliphatic heterocycles. The summed E-state index contributed by atoms with van der Waals surface area (Å²) in [5.41, 5.74) is -2.91. The van der Waals surface area contributed by atoms with E-state index >= 15 is 0 Å². The molecule has 0 N–H and O–H groups in total. The minimum Gasteiger partial charge on any atom is -0.444 e. The smallest absolute Gasteiger partial charge is 0.411 e. The molecule has 0 radical (unpaired) electrons. The monoisotopic (exact) mass is 406 g/mol. The molecule has 2 amide bonds. The molecule has 0 aromatic heterocycles. The molecule has 0 unspecified atom stereocenters. The summed E-state index contributed by atoms with van der Waals surface area (Å²) in [6.45, 7) is 2.27. The van der Waals surface area contributed by atoms with Crippen LogP contribution in [0.1, 0.15) is 32.8 Å². The van der Waals surface area contributed by atoms with Gasteiger partial charge in [-0.05, 0) is 38.5 Å². The molecule has 9 heteroatoms. The molecule has 5 nitrogen and oxygen atoms in total. The maximum atomic E-state index is 14.5. The van der Waals surface area contributed by atoms with Gasteiger partial charge in [0.15, 0.2) is 5.67 Å². The number of carbonyl (C=O) groups excluding carboxylic acids is 2. The van der Waals surface area contributed by atoms with Crippen molar-refractivity contribution >= 4 is 23.6 Å². The Hall–Kier alpha value is -1.96. The minimum absolute atomic E-state index is 0.127.